The summed E-state index contributed by atoms with van der Waals surface area (Å²) in [7, 11) is 0. The predicted molar refractivity (Wildman–Crippen MR) is 119 cm³/mol. The lowest BCUT2D eigenvalue weighted by Gasteiger charge is -2.49. The van der Waals surface area contributed by atoms with Gasteiger partial charge >= 0.3 is 5.97 Å². The molecule has 14 heteroatoms. The van der Waals surface area contributed by atoms with Crippen LogP contribution < -0.4 is 22.3 Å². The molecule has 3 heterocycles. The summed E-state index contributed by atoms with van der Waals surface area (Å²) < 4.78 is 0. The van der Waals surface area contributed by atoms with Gasteiger partial charge in [-0.05, 0) is 6.42 Å². The molecule has 1 aromatic heterocycles. The number of anilines is 1. The van der Waals surface area contributed by atoms with Crippen LogP contribution in [0.3, 0.4) is 0 Å². The predicted octanol–water partition coefficient (Wildman–Crippen LogP) is -0.265. The van der Waals surface area contributed by atoms with E-state index < -0.39 is 29.2 Å². The van der Waals surface area contributed by atoms with Crippen molar-refractivity contribution in [3.8, 4) is 0 Å². The molecule has 2 atom stereocenters. The van der Waals surface area contributed by atoms with Crippen molar-refractivity contribution in [2.45, 2.75) is 24.8 Å². The van der Waals surface area contributed by atoms with Crippen LogP contribution in [0.4, 0.5) is 5.13 Å². The number of amides is 2. The molecule has 2 amide bonds. The molecule has 7 N–H and O–H groups in total. The standard InChI is InChI=1S/C17H20N8O4S2/c1-2-3-9(10-6-31-17(18)23-10)13(26)24-11-14(27)25-12(16(28)29)8(5-30-15(11)25)4-21-22-7-20-19/h3-4,6-7,11,15H,2,5,19H2,1H3,(H2,18,23)(H,20,22)(H,24,26)(H,28,29)/b9-3-,21-4?/t11?,15-/m1/s1. The van der Waals surface area contributed by atoms with Gasteiger partial charge in [-0.2, -0.15) is 10.2 Å². The third-order valence-electron chi connectivity index (χ3n) is 4.36. The minimum absolute atomic E-state index is 0.175. The number of rotatable bonds is 8. The maximum Gasteiger partial charge on any atom is 0.353 e. The highest BCUT2D eigenvalue weighted by Gasteiger charge is 2.54. The summed E-state index contributed by atoms with van der Waals surface area (Å²) in [5, 5.41) is 20.8. The molecular formula is C17H20N8O4S2. The average Bonchev–Trinajstić information content (AvgIpc) is 3.18. The number of β-lactam (4-membered cyclic amide) rings is 1. The molecule has 0 bridgehead atoms. The minimum atomic E-state index is -1.26. The third kappa shape index (κ3) is 4.54. The van der Waals surface area contributed by atoms with Gasteiger partial charge in [-0.15, -0.1) is 23.1 Å². The summed E-state index contributed by atoms with van der Waals surface area (Å²) in [4.78, 5) is 42.7. The van der Waals surface area contributed by atoms with Gasteiger partial charge in [0.15, 0.2) is 5.13 Å². The first kappa shape index (κ1) is 22.3. The van der Waals surface area contributed by atoms with E-state index in [-0.39, 0.29) is 11.4 Å². The number of thiazole rings is 1. The first-order valence-corrected chi connectivity index (χ1v) is 11.0. The van der Waals surface area contributed by atoms with Gasteiger partial charge < -0.3 is 22.0 Å². The molecule has 0 aromatic carbocycles. The largest absolute Gasteiger partial charge is 0.477 e. The van der Waals surface area contributed by atoms with E-state index in [0.29, 0.717) is 28.4 Å². The second-order valence-corrected chi connectivity index (χ2v) is 8.30. The van der Waals surface area contributed by atoms with Crippen LogP contribution in [0.15, 0.2) is 32.9 Å². The number of thioether (sulfide) groups is 1. The first-order chi connectivity index (χ1) is 14.9. The van der Waals surface area contributed by atoms with Crippen LogP contribution >= 0.6 is 23.1 Å². The van der Waals surface area contributed by atoms with Crippen molar-refractivity contribution < 1.29 is 19.5 Å². The lowest BCUT2D eigenvalue weighted by molar-refractivity contribution is -0.150. The Balaban J connectivity index is 1.77. The monoisotopic (exact) mass is 464 g/mol. The molecule has 31 heavy (non-hydrogen) atoms. The van der Waals surface area contributed by atoms with Gasteiger partial charge in [0.25, 0.3) is 11.8 Å². The number of hydrogen-bond donors (Lipinski definition) is 5. The van der Waals surface area contributed by atoms with E-state index in [1.165, 1.54) is 29.3 Å². The Hall–Kier alpha value is -3.39. The number of aromatic nitrogens is 1. The van der Waals surface area contributed by atoms with Crippen LogP contribution in [0.25, 0.3) is 5.57 Å². The van der Waals surface area contributed by atoms with Gasteiger partial charge in [0.2, 0.25) is 0 Å². The van der Waals surface area contributed by atoms with E-state index in [4.69, 9.17) is 11.6 Å². The number of carbonyl (C=O) groups excluding carboxylic acids is 2. The molecule has 164 valence electrons. The number of carboxylic acids is 1. The van der Waals surface area contributed by atoms with Crippen molar-refractivity contribution in [1.29, 1.82) is 0 Å². The van der Waals surface area contributed by atoms with Crippen LogP contribution in [-0.2, 0) is 14.4 Å². The van der Waals surface area contributed by atoms with Crippen molar-refractivity contribution in [3.63, 3.8) is 0 Å². The van der Waals surface area contributed by atoms with Crippen LogP contribution in [-0.4, -0.2) is 62.5 Å². The molecule has 12 nitrogen and oxygen atoms in total. The molecule has 0 aliphatic carbocycles. The first-order valence-electron chi connectivity index (χ1n) is 9.02. The number of nitrogens with one attached hydrogen (secondary N) is 2. The van der Waals surface area contributed by atoms with E-state index in [1.807, 2.05) is 6.92 Å². The Morgan fingerprint density at radius 2 is 2.26 bits per heavy atom. The van der Waals surface area contributed by atoms with Gasteiger partial charge in [0.05, 0.1) is 17.5 Å². The van der Waals surface area contributed by atoms with Gasteiger partial charge in [0.1, 0.15) is 23.5 Å². The van der Waals surface area contributed by atoms with Crippen molar-refractivity contribution in [3.05, 3.63) is 28.4 Å². The number of nitrogen functional groups attached to an aromatic ring is 1. The highest BCUT2D eigenvalue weighted by atomic mass is 32.2. The quantitative estimate of drug-likeness (QED) is 0.0861. The molecule has 1 fully saturated rings. The van der Waals surface area contributed by atoms with Crippen molar-refractivity contribution in [2.24, 2.45) is 16.0 Å². The number of nitrogens with two attached hydrogens (primary N) is 2. The molecule has 1 saturated heterocycles. The summed E-state index contributed by atoms with van der Waals surface area (Å²) in [6.07, 6.45) is 4.70. The molecule has 1 unspecified atom stereocenters. The van der Waals surface area contributed by atoms with Crippen molar-refractivity contribution in [2.75, 3.05) is 11.5 Å². The van der Waals surface area contributed by atoms with Gasteiger partial charge in [-0.25, -0.2) is 9.78 Å². The number of hydrazone groups is 2. The molecule has 2 aliphatic heterocycles. The summed E-state index contributed by atoms with van der Waals surface area (Å²) in [6, 6.07) is -0.857. The number of carbonyl (C=O) groups is 3. The van der Waals surface area contributed by atoms with Crippen LogP contribution in [0, 0.1) is 0 Å². The van der Waals surface area contributed by atoms with Crippen LogP contribution in [0.2, 0.25) is 0 Å². The van der Waals surface area contributed by atoms with Crippen molar-refractivity contribution >= 4 is 64.1 Å². The number of nitrogens with zero attached hydrogens (tertiary/aromatic N) is 4. The Morgan fingerprint density at radius 3 is 2.87 bits per heavy atom. The van der Waals surface area contributed by atoms with E-state index >= 15 is 0 Å². The highest BCUT2D eigenvalue weighted by molar-refractivity contribution is 8.00. The molecule has 3 rings (SSSR count). The summed E-state index contributed by atoms with van der Waals surface area (Å²) in [5.74, 6) is 2.99. The molecule has 0 spiro atoms. The summed E-state index contributed by atoms with van der Waals surface area (Å²) in [6.45, 7) is 1.87. The molecule has 0 saturated carbocycles. The fourth-order valence-corrected chi connectivity index (χ4v) is 4.93. The topological polar surface area (TPSA) is 188 Å². The third-order valence-corrected chi connectivity index (χ3v) is 6.34. The molecule has 0 radical (unpaired) electrons. The Bertz CT molecular complexity index is 1020. The maximum absolute atomic E-state index is 12.8. The smallest absolute Gasteiger partial charge is 0.353 e. The van der Waals surface area contributed by atoms with Gasteiger partial charge in [-0.3, -0.25) is 19.9 Å². The zero-order valence-electron chi connectivity index (χ0n) is 16.3. The molecule has 2 aliphatic rings. The van der Waals surface area contributed by atoms with E-state index in [2.05, 4.69) is 25.9 Å². The zero-order valence-corrected chi connectivity index (χ0v) is 17.9. The number of allylic oxidation sites excluding steroid dienone is 1. The summed E-state index contributed by atoms with van der Waals surface area (Å²) in [5.41, 5.74) is 8.99. The average molecular weight is 465 g/mol. The molecular weight excluding hydrogens is 444 g/mol. The fourth-order valence-electron chi connectivity index (χ4n) is 3.07. The van der Waals surface area contributed by atoms with E-state index in [0.717, 1.165) is 11.2 Å². The minimum Gasteiger partial charge on any atom is -0.477 e. The fraction of sp³-hybridized carbons (Fsp3) is 0.294. The van der Waals surface area contributed by atoms with E-state index in [9.17, 15) is 19.5 Å². The normalized spacial score (nSPS) is 21.4. The summed E-state index contributed by atoms with van der Waals surface area (Å²) >= 11 is 2.53. The molecule has 1 aromatic rings. The number of aliphatic carboxylic acids is 1. The van der Waals surface area contributed by atoms with Gasteiger partial charge in [-0.1, -0.05) is 13.0 Å². The highest BCUT2D eigenvalue weighted by Crippen LogP contribution is 2.40. The zero-order chi connectivity index (χ0) is 22.5. The lowest BCUT2D eigenvalue weighted by atomic mass is 10.0. The number of hydrogen-bond acceptors (Lipinski definition) is 10. The number of carboxylic acid groups (broad SMARTS) is 1. The Labute approximate surface area is 185 Å². The second-order valence-electron chi connectivity index (χ2n) is 6.30. The Kier molecular flexibility index (Phi) is 6.91. The van der Waals surface area contributed by atoms with Gasteiger partial charge in [0, 0.05) is 16.7 Å². The van der Waals surface area contributed by atoms with Crippen LogP contribution in [0.1, 0.15) is 19.0 Å². The SMILES string of the molecule is CC/C=C(\C(=O)NC1C(=O)N2C(C(=O)O)=C(C=NNC=NN)CS[C@H]12)c1csc(N)n1. The van der Waals surface area contributed by atoms with Crippen LogP contribution in [0.5, 0.6) is 0 Å². The maximum atomic E-state index is 12.8. The van der Waals surface area contributed by atoms with E-state index in [1.54, 1.807) is 11.5 Å². The Morgan fingerprint density at radius 1 is 1.48 bits per heavy atom. The lowest BCUT2D eigenvalue weighted by Crippen LogP contribution is -2.70. The number of fused-ring (bicyclic) bond motifs is 1. The second kappa shape index (κ2) is 9.61. The van der Waals surface area contributed by atoms with Crippen molar-refractivity contribution in [1.82, 2.24) is 20.6 Å².